The van der Waals surface area contributed by atoms with Gasteiger partial charge in [-0.15, -0.1) is 0 Å². The van der Waals surface area contributed by atoms with Gasteiger partial charge in [0.1, 0.15) is 5.82 Å². The number of carboxylic acids is 1. The molecule has 0 bridgehead atoms. The maximum atomic E-state index is 14.6. The fourth-order valence-electron chi connectivity index (χ4n) is 4.62. The lowest BCUT2D eigenvalue weighted by molar-refractivity contribution is -0.137. The number of hydrogen-bond acceptors (Lipinski definition) is 3. The number of hydrogen-bond donors (Lipinski definition) is 2. The summed E-state index contributed by atoms with van der Waals surface area (Å²) in [5.41, 5.74) is -1.32. The van der Waals surface area contributed by atoms with E-state index in [1.807, 2.05) is 4.68 Å². The first-order valence-corrected chi connectivity index (χ1v) is 11.6. The molecule has 1 amide bonds. The van der Waals surface area contributed by atoms with E-state index in [2.05, 4.69) is 17.3 Å². The minimum Gasteiger partial charge on any atom is -0.478 e. The highest BCUT2D eigenvalue weighted by atomic mass is 19.4. The van der Waals surface area contributed by atoms with E-state index in [-0.39, 0.29) is 35.7 Å². The van der Waals surface area contributed by atoms with Gasteiger partial charge in [0.25, 0.3) is 0 Å². The van der Waals surface area contributed by atoms with Crippen LogP contribution in [0, 0.1) is 11.7 Å². The van der Waals surface area contributed by atoms with Crippen molar-refractivity contribution in [3.63, 3.8) is 0 Å². The van der Waals surface area contributed by atoms with E-state index in [4.69, 9.17) is 0 Å². The third-order valence-corrected chi connectivity index (χ3v) is 7.14. The Morgan fingerprint density at radius 2 is 1.89 bits per heavy atom. The SMILES string of the molecule is C[C@@H](C1CC1)n1cc(-c2ccc(NC(=O)C3(c4ccc(C(F)(F)F)cc4F)CC3)cc2C(=O)O)cn1. The van der Waals surface area contributed by atoms with Crippen molar-refractivity contribution in [3.8, 4) is 11.1 Å². The number of amides is 1. The van der Waals surface area contributed by atoms with E-state index in [0.717, 1.165) is 25.0 Å². The van der Waals surface area contributed by atoms with Crippen LogP contribution in [0.5, 0.6) is 0 Å². The van der Waals surface area contributed by atoms with Gasteiger partial charge in [0.05, 0.1) is 28.8 Å². The number of alkyl halides is 3. The van der Waals surface area contributed by atoms with Crippen LogP contribution in [0.25, 0.3) is 11.1 Å². The molecule has 2 aliphatic carbocycles. The van der Waals surface area contributed by atoms with Gasteiger partial charge in [-0.25, -0.2) is 9.18 Å². The van der Waals surface area contributed by atoms with Crippen LogP contribution in [0.15, 0.2) is 48.8 Å². The first kappa shape index (κ1) is 24.0. The monoisotopic (exact) mass is 501 g/mol. The van der Waals surface area contributed by atoms with E-state index in [0.29, 0.717) is 23.1 Å². The van der Waals surface area contributed by atoms with Gasteiger partial charge in [-0.1, -0.05) is 12.1 Å². The fourth-order valence-corrected chi connectivity index (χ4v) is 4.62. The molecule has 1 aromatic heterocycles. The lowest BCUT2D eigenvalue weighted by Gasteiger charge is -2.18. The number of nitrogens with one attached hydrogen (secondary N) is 1. The molecule has 10 heteroatoms. The van der Waals surface area contributed by atoms with Crippen LogP contribution >= 0.6 is 0 Å². The van der Waals surface area contributed by atoms with Crippen LogP contribution in [-0.4, -0.2) is 26.8 Å². The molecular weight excluding hydrogens is 478 g/mol. The Morgan fingerprint density at radius 3 is 2.47 bits per heavy atom. The number of carboxylic acid groups (broad SMARTS) is 1. The summed E-state index contributed by atoms with van der Waals surface area (Å²) in [4.78, 5) is 25.1. The van der Waals surface area contributed by atoms with Crippen molar-refractivity contribution in [2.75, 3.05) is 5.32 Å². The average molecular weight is 501 g/mol. The number of carbonyl (C=O) groups is 2. The fraction of sp³-hybridized carbons (Fsp3) is 0.346. The van der Waals surface area contributed by atoms with E-state index >= 15 is 0 Å². The zero-order valence-corrected chi connectivity index (χ0v) is 19.3. The minimum atomic E-state index is -4.69. The predicted octanol–water partition coefficient (Wildman–Crippen LogP) is 6.05. The molecule has 1 heterocycles. The third kappa shape index (κ3) is 4.36. The van der Waals surface area contributed by atoms with E-state index < -0.39 is 34.8 Å². The van der Waals surface area contributed by atoms with E-state index in [1.165, 1.54) is 6.07 Å². The smallest absolute Gasteiger partial charge is 0.416 e. The molecule has 3 aromatic rings. The first-order chi connectivity index (χ1) is 17.0. The van der Waals surface area contributed by atoms with Gasteiger partial charge >= 0.3 is 12.1 Å². The standard InChI is InChI=1S/C26H23F4N3O3/c1-14(15-2-3-15)33-13-16(12-31-33)19-6-5-18(11-20(19)23(34)35)32-24(36)25(8-9-25)21-7-4-17(10-22(21)27)26(28,29)30/h4-7,10-15H,2-3,8-9H2,1H3,(H,32,36)(H,34,35)/t14-/m0/s1. The third-order valence-electron chi connectivity index (χ3n) is 7.14. The lowest BCUT2D eigenvalue weighted by atomic mass is 9.93. The number of rotatable bonds is 7. The minimum absolute atomic E-state index is 0.0445. The number of carbonyl (C=O) groups excluding carboxylic acids is 1. The van der Waals surface area contributed by atoms with Crippen LogP contribution in [0.2, 0.25) is 0 Å². The number of halogens is 4. The molecule has 1 atom stereocenters. The van der Waals surface area contributed by atoms with Crippen LogP contribution in [0.1, 0.15) is 60.1 Å². The quantitative estimate of drug-likeness (QED) is 0.386. The molecule has 0 unspecified atom stereocenters. The van der Waals surface area contributed by atoms with Gasteiger partial charge in [-0.2, -0.15) is 18.3 Å². The summed E-state index contributed by atoms with van der Waals surface area (Å²) in [7, 11) is 0. The van der Waals surface area contributed by atoms with Crippen molar-refractivity contribution in [2.45, 2.75) is 50.2 Å². The van der Waals surface area contributed by atoms with Crippen LogP contribution in [0.3, 0.4) is 0 Å². The molecular formula is C26H23F4N3O3. The maximum Gasteiger partial charge on any atom is 0.416 e. The summed E-state index contributed by atoms with van der Waals surface area (Å²) < 4.78 is 55.1. The summed E-state index contributed by atoms with van der Waals surface area (Å²) in [5, 5.41) is 16.8. The second kappa shape index (κ2) is 8.46. The van der Waals surface area contributed by atoms with Crippen molar-refractivity contribution >= 4 is 17.6 Å². The predicted molar refractivity (Wildman–Crippen MR) is 123 cm³/mol. The molecule has 188 valence electrons. The number of aromatic carboxylic acids is 1. The highest BCUT2D eigenvalue weighted by molar-refractivity contribution is 6.03. The largest absolute Gasteiger partial charge is 0.478 e. The number of benzene rings is 2. The highest BCUT2D eigenvalue weighted by Gasteiger charge is 2.53. The van der Waals surface area contributed by atoms with E-state index in [1.54, 1.807) is 24.5 Å². The van der Waals surface area contributed by atoms with Crippen LogP contribution < -0.4 is 5.32 Å². The Hall–Kier alpha value is -3.69. The van der Waals surface area contributed by atoms with Crippen molar-refractivity contribution in [3.05, 3.63) is 71.3 Å². The number of anilines is 1. The molecule has 0 radical (unpaired) electrons. The van der Waals surface area contributed by atoms with Crippen molar-refractivity contribution < 1.29 is 32.3 Å². The molecule has 0 aliphatic heterocycles. The molecule has 6 nitrogen and oxygen atoms in total. The van der Waals surface area contributed by atoms with Gasteiger partial charge in [0, 0.05) is 23.0 Å². The van der Waals surface area contributed by atoms with Gasteiger partial charge in [-0.3, -0.25) is 9.48 Å². The zero-order chi connectivity index (χ0) is 25.8. The molecule has 2 aromatic carbocycles. The van der Waals surface area contributed by atoms with Gasteiger partial charge < -0.3 is 10.4 Å². The Bertz CT molecular complexity index is 1360. The van der Waals surface area contributed by atoms with Crippen LogP contribution in [-0.2, 0) is 16.4 Å². The summed E-state index contributed by atoms with van der Waals surface area (Å²) >= 11 is 0. The van der Waals surface area contributed by atoms with Gasteiger partial charge in [-0.05, 0) is 68.4 Å². The molecule has 36 heavy (non-hydrogen) atoms. The second-order valence-corrected chi connectivity index (χ2v) is 9.58. The van der Waals surface area contributed by atoms with E-state index in [9.17, 15) is 32.3 Å². The van der Waals surface area contributed by atoms with Crippen molar-refractivity contribution in [2.24, 2.45) is 5.92 Å². The van der Waals surface area contributed by atoms with Crippen molar-refractivity contribution in [1.29, 1.82) is 0 Å². The molecule has 0 spiro atoms. The molecule has 2 aliphatic rings. The zero-order valence-electron chi connectivity index (χ0n) is 19.3. The topological polar surface area (TPSA) is 84.2 Å². The Morgan fingerprint density at radius 1 is 1.17 bits per heavy atom. The summed E-state index contributed by atoms with van der Waals surface area (Å²) in [6.07, 6.45) is 1.53. The first-order valence-electron chi connectivity index (χ1n) is 11.6. The number of aromatic nitrogens is 2. The second-order valence-electron chi connectivity index (χ2n) is 9.58. The molecule has 0 saturated heterocycles. The summed E-state index contributed by atoms with van der Waals surface area (Å²) in [6.45, 7) is 2.07. The lowest BCUT2D eigenvalue weighted by Crippen LogP contribution is -2.29. The summed E-state index contributed by atoms with van der Waals surface area (Å²) in [5.74, 6) is -2.33. The maximum absolute atomic E-state index is 14.6. The highest BCUT2D eigenvalue weighted by Crippen LogP contribution is 2.50. The molecule has 2 fully saturated rings. The van der Waals surface area contributed by atoms with Gasteiger partial charge in [0.2, 0.25) is 5.91 Å². The Balaban J connectivity index is 1.39. The van der Waals surface area contributed by atoms with Crippen molar-refractivity contribution in [1.82, 2.24) is 9.78 Å². The van der Waals surface area contributed by atoms with Gasteiger partial charge in [0.15, 0.2) is 0 Å². The Labute approximate surface area is 203 Å². The van der Waals surface area contributed by atoms with Crippen LogP contribution in [0.4, 0.5) is 23.2 Å². The molecule has 5 rings (SSSR count). The normalized spacial score (nSPS) is 17.5. The summed E-state index contributed by atoms with van der Waals surface area (Å²) in [6, 6.07) is 6.79. The number of nitrogens with zero attached hydrogens (tertiary/aromatic N) is 2. The Kier molecular flexibility index (Phi) is 5.65. The molecule has 2 saturated carbocycles. The average Bonchev–Trinajstić information content (AvgIpc) is 3.75. The molecule has 2 N–H and O–H groups in total.